The van der Waals surface area contributed by atoms with Gasteiger partial charge in [0.2, 0.25) is 0 Å². The normalized spacial score (nSPS) is 11.8. The van der Waals surface area contributed by atoms with Crippen LogP contribution in [0.4, 0.5) is 4.39 Å². The summed E-state index contributed by atoms with van der Waals surface area (Å²) in [6, 6.07) is 16.0. The zero-order valence-corrected chi connectivity index (χ0v) is 18.3. The fourth-order valence-corrected chi connectivity index (χ4v) is 3.28. The summed E-state index contributed by atoms with van der Waals surface area (Å²) in [6.07, 6.45) is 6.78. The smallest absolute Gasteiger partial charge is 0.262 e. The maximum absolute atomic E-state index is 13.9. The summed E-state index contributed by atoms with van der Waals surface area (Å²) in [5.41, 5.74) is 2.98. The van der Waals surface area contributed by atoms with E-state index in [0.29, 0.717) is 11.3 Å². The number of benzene rings is 3. The van der Waals surface area contributed by atoms with Crippen LogP contribution in [0.2, 0.25) is 0 Å². The molecule has 1 unspecified atom stereocenters. The molecule has 3 rings (SSSR count). The highest BCUT2D eigenvalue weighted by atomic mass is 19.1. The van der Waals surface area contributed by atoms with Crippen molar-refractivity contribution in [3.63, 3.8) is 0 Å². The third-order valence-electron chi connectivity index (χ3n) is 4.96. The van der Waals surface area contributed by atoms with Crippen LogP contribution in [-0.4, -0.2) is 30.7 Å². The minimum absolute atomic E-state index is 0.0863. The molecule has 1 atom stereocenters. The first-order valence-corrected chi connectivity index (χ1v) is 10.4. The molecule has 0 aromatic heterocycles. The zero-order chi connectivity index (χ0) is 23.8. The molecule has 0 aliphatic carbocycles. The van der Waals surface area contributed by atoms with Gasteiger partial charge in [-0.3, -0.25) is 9.59 Å². The van der Waals surface area contributed by atoms with Gasteiger partial charge in [0.15, 0.2) is 0 Å². The third-order valence-corrected chi connectivity index (χ3v) is 4.96. The third kappa shape index (κ3) is 5.74. The maximum Gasteiger partial charge on any atom is 0.262 e. The van der Waals surface area contributed by atoms with E-state index in [2.05, 4.69) is 21.8 Å². The van der Waals surface area contributed by atoms with E-state index < -0.39 is 23.7 Å². The molecule has 33 heavy (non-hydrogen) atoms. The largest absolute Gasteiger partial charge is 0.480 e. The predicted molar refractivity (Wildman–Crippen MR) is 127 cm³/mol. The fraction of sp³-hybridized carbons (Fsp3) is 0.192. The summed E-state index contributed by atoms with van der Waals surface area (Å²) in [7, 11) is 0. The van der Waals surface area contributed by atoms with Gasteiger partial charge in [-0.25, -0.2) is 9.82 Å². The molecule has 7 heteroatoms. The lowest BCUT2D eigenvalue weighted by molar-refractivity contribution is -0.123. The summed E-state index contributed by atoms with van der Waals surface area (Å²) in [5.74, 6) is 0.823. The van der Waals surface area contributed by atoms with E-state index in [9.17, 15) is 14.0 Å². The van der Waals surface area contributed by atoms with Gasteiger partial charge in [0.05, 0.1) is 11.8 Å². The number of hydrogen-bond donors (Lipinski definition) is 2. The number of halogens is 1. The minimum Gasteiger partial charge on any atom is -0.480 e. The molecule has 0 spiro atoms. The van der Waals surface area contributed by atoms with Gasteiger partial charge < -0.3 is 10.1 Å². The second-order valence-electron chi connectivity index (χ2n) is 7.60. The van der Waals surface area contributed by atoms with Gasteiger partial charge in [0, 0.05) is 5.56 Å². The highest BCUT2D eigenvalue weighted by Gasteiger charge is 2.25. The summed E-state index contributed by atoms with van der Waals surface area (Å²) in [5, 5.41) is 8.50. The Kier molecular flexibility index (Phi) is 7.77. The topological polar surface area (TPSA) is 79.8 Å². The zero-order valence-electron chi connectivity index (χ0n) is 18.3. The molecule has 0 aliphatic rings. The van der Waals surface area contributed by atoms with Crippen LogP contribution in [0.5, 0.6) is 5.75 Å². The van der Waals surface area contributed by atoms with Crippen molar-refractivity contribution in [3.8, 4) is 18.1 Å². The highest BCUT2D eigenvalue weighted by Crippen LogP contribution is 2.26. The average Bonchev–Trinajstić information content (AvgIpc) is 2.81. The van der Waals surface area contributed by atoms with E-state index in [0.717, 1.165) is 10.8 Å². The van der Waals surface area contributed by atoms with E-state index in [-0.39, 0.29) is 18.1 Å². The number of amides is 2. The molecular formula is C26H24FN3O3. The van der Waals surface area contributed by atoms with Gasteiger partial charge in [-0.1, -0.05) is 62.2 Å². The molecule has 0 radical (unpaired) electrons. The Labute approximate surface area is 191 Å². The molecule has 168 valence electrons. The van der Waals surface area contributed by atoms with E-state index in [1.807, 2.05) is 30.3 Å². The van der Waals surface area contributed by atoms with Gasteiger partial charge in [-0.2, -0.15) is 5.10 Å². The van der Waals surface area contributed by atoms with Crippen LogP contribution in [0.1, 0.15) is 29.8 Å². The van der Waals surface area contributed by atoms with Crippen LogP contribution in [0.25, 0.3) is 10.8 Å². The molecule has 0 heterocycles. The number of ether oxygens (including phenoxy) is 1. The maximum atomic E-state index is 13.9. The number of carbonyl (C=O) groups excluding carboxylic acids is 2. The number of rotatable bonds is 8. The van der Waals surface area contributed by atoms with Crippen molar-refractivity contribution >= 4 is 28.8 Å². The number of hydrazone groups is 1. The molecule has 0 aliphatic heterocycles. The van der Waals surface area contributed by atoms with E-state index in [1.165, 1.54) is 24.4 Å². The van der Waals surface area contributed by atoms with Crippen molar-refractivity contribution in [2.24, 2.45) is 11.0 Å². The Morgan fingerprint density at radius 2 is 1.85 bits per heavy atom. The second kappa shape index (κ2) is 10.9. The van der Waals surface area contributed by atoms with Crippen molar-refractivity contribution in [2.75, 3.05) is 6.61 Å². The number of nitrogens with zero attached hydrogens (tertiary/aromatic N) is 1. The first-order valence-electron chi connectivity index (χ1n) is 10.4. The number of carbonyl (C=O) groups is 2. The standard InChI is InChI=1S/C26H24FN3O3/c1-4-15-33-23-14-13-18-9-5-6-10-19(18)21(23)16-28-30-26(32)24(17(2)3)29-25(31)20-11-7-8-12-22(20)27/h1,5-14,16-17,24H,15H2,2-3H3,(H,29,31)(H,30,32). The second-order valence-corrected chi connectivity index (χ2v) is 7.60. The van der Waals surface area contributed by atoms with Crippen LogP contribution in [0, 0.1) is 24.1 Å². The summed E-state index contributed by atoms with van der Waals surface area (Å²) < 4.78 is 19.5. The van der Waals surface area contributed by atoms with E-state index in [4.69, 9.17) is 11.2 Å². The lowest BCUT2D eigenvalue weighted by Gasteiger charge is -2.20. The fourth-order valence-electron chi connectivity index (χ4n) is 3.28. The Bertz CT molecular complexity index is 1230. The summed E-state index contributed by atoms with van der Waals surface area (Å²) in [4.78, 5) is 25.2. The lowest BCUT2D eigenvalue weighted by Crippen LogP contribution is -2.48. The van der Waals surface area contributed by atoms with Crippen LogP contribution < -0.4 is 15.5 Å². The molecule has 6 nitrogen and oxygen atoms in total. The van der Waals surface area contributed by atoms with Gasteiger partial charge in [-0.05, 0) is 34.9 Å². The van der Waals surface area contributed by atoms with Crippen LogP contribution >= 0.6 is 0 Å². The van der Waals surface area contributed by atoms with Crippen molar-refractivity contribution in [2.45, 2.75) is 19.9 Å². The van der Waals surface area contributed by atoms with E-state index >= 15 is 0 Å². The SMILES string of the molecule is C#CCOc1ccc2ccccc2c1C=NNC(=O)C(NC(=O)c1ccccc1F)C(C)C. The van der Waals surface area contributed by atoms with Crippen molar-refractivity contribution in [1.82, 2.24) is 10.7 Å². The van der Waals surface area contributed by atoms with Crippen molar-refractivity contribution in [1.29, 1.82) is 0 Å². The Morgan fingerprint density at radius 1 is 1.12 bits per heavy atom. The molecule has 0 fully saturated rings. The van der Waals surface area contributed by atoms with Crippen molar-refractivity contribution < 1.29 is 18.7 Å². The number of nitrogens with one attached hydrogen (secondary N) is 2. The van der Waals surface area contributed by atoms with Gasteiger partial charge in [0.1, 0.15) is 24.2 Å². The first kappa shape index (κ1) is 23.5. The molecular weight excluding hydrogens is 421 g/mol. The summed E-state index contributed by atoms with van der Waals surface area (Å²) in [6.45, 7) is 3.63. The molecule has 0 bridgehead atoms. The highest BCUT2D eigenvalue weighted by molar-refractivity contribution is 6.03. The van der Waals surface area contributed by atoms with Gasteiger partial charge >= 0.3 is 0 Å². The van der Waals surface area contributed by atoms with Crippen LogP contribution in [-0.2, 0) is 4.79 Å². The number of terminal acetylenes is 1. The molecule has 0 saturated carbocycles. The Morgan fingerprint density at radius 3 is 2.58 bits per heavy atom. The first-order chi connectivity index (χ1) is 15.9. The van der Waals surface area contributed by atoms with Crippen LogP contribution in [0.15, 0.2) is 65.8 Å². The van der Waals surface area contributed by atoms with Gasteiger partial charge in [-0.15, -0.1) is 6.42 Å². The minimum atomic E-state index is -0.918. The summed E-state index contributed by atoms with van der Waals surface area (Å²) >= 11 is 0. The Hall–Kier alpha value is -4.18. The Balaban J connectivity index is 1.79. The molecule has 2 N–H and O–H groups in total. The quantitative estimate of drug-likeness (QED) is 0.314. The number of fused-ring (bicyclic) bond motifs is 1. The van der Waals surface area contributed by atoms with E-state index in [1.54, 1.807) is 26.0 Å². The van der Waals surface area contributed by atoms with Crippen LogP contribution in [0.3, 0.4) is 0 Å². The number of hydrogen-bond acceptors (Lipinski definition) is 4. The van der Waals surface area contributed by atoms with Crippen molar-refractivity contribution in [3.05, 3.63) is 77.6 Å². The predicted octanol–water partition coefficient (Wildman–Crippen LogP) is 3.90. The average molecular weight is 445 g/mol. The van der Waals surface area contributed by atoms with Gasteiger partial charge in [0.25, 0.3) is 11.8 Å². The molecule has 2 amide bonds. The lowest BCUT2D eigenvalue weighted by atomic mass is 10.0. The molecule has 0 saturated heterocycles. The molecule has 3 aromatic carbocycles. The monoisotopic (exact) mass is 445 g/mol. The molecule has 3 aromatic rings.